The van der Waals surface area contributed by atoms with Gasteiger partial charge >= 0.3 is 5.97 Å². The number of carboxylic acid groups (broad SMARTS) is 1. The number of hydrogen-bond acceptors (Lipinski definition) is 3. The molecular weight excluding hydrogens is 230 g/mol. The van der Waals surface area contributed by atoms with E-state index >= 15 is 0 Å². The number of carboxylic acids is 1. The number of benzene rings is 1. The highest BCUT2D eigenvalue weighted by molar-refractivity contribution is 5.96. The number of aromatic carboxylic acids is 1. The third-order valence-electron chi connectivity index (χ3n) is 2.66. The molecule has 1 aromatic carbocycles. The number of pyridine rings is 1. The van der Waals surface area contributed by atoms with Crippen LogP contribution in [0.15, 0.2) is 48.8 Å². The monoisotopic (exact) mass is 239 g/mol. The molecule has 0 bridgehead atoms. The Morgan fingerprint density at radius 2 is 2.06 bits per heavy atom. The maximum atomic E-state index is 11.3. The molecule has 0 aliphatic carbocycles. The number of aromatic nitrogens is 3. The van der Waals surface area contributed by atoms with Gasteiger partial charge in [0, 0.05) is 17.8 Å². The second-order valence-corrected chi connectivity index (χ2v) is 3.81. The zero-order chi connectivity index (χ0) is 12.5. The van der Waals surface area contributed by atoms with Crippen LogP contribution >= 0.6 is 0 Å². The molecule has 5 heteroatoms. The van der Waals surface area contributed by atoms with Gasteiger partial charge in [0.25, 0.3) is 0 Å². The number of carbonyl (C=O) groups is 1. The highest BCUT2D eigenvalue weighted by atomic mass is 16.4. The number of fused-ring (bicyclic) bond motifs is 1. The van der Waals surface area contributed by atoms with E-state index in [0.29, 0.717) is 5.82 Å². The van der Waals surface area contributed by atoms with Crippen LogP contribution in [0.1, 0.15) is 10.4 Å². The topological polar surface area (TPSA) is 68.0 Å². The van der Waals surface area contributed by atoms with Crippen molar-refractivity contribution in [2.45, 2.75) is 0 Å². The summed E-state index contributed by atoms with van der Waals surface area (Å²) in [7, 11) is 0. The predicted octanol–water partition coefficient (Wildman–Crippen LogP) is 2.12. The largest absolute Gasteiger partial charge is 0.478 e. The predicted molar refractivity (Wildman–Crippen MR) is 65.8 cm³/mol. The Hall–Kier alpha value is -2.69. The second-order valence-electron chi connectivity index (χ2n) is 3.81. The van der Waals surface area contributed by atoms with Crippen LogP contribution in [0.4, 0.5) is 0 Å². The second kappa shape index (κ2) is 3.96. The molecule has 0 unspecified atom stereocenters. The van der Waals surface area contributed by atoms with Crippen molar-refractivity contribution < 1.29 is 9.90 Å². The van der Waals surface area contributed by atoms with Gasteiger partial charge in [-0.05, 0) is 18.2 Å². The molecule has 1 N–H and O–H groups in total. The molecule has 0 saturated carbocycles. The molecule has 2 aromatic heterocycles. The fourth-order valence-electron chi connectivity index (χ4n) is 1.83. The first-order valence-electron chi connectivity index (χ1n) is 5.39. The quantitative estimate of drug-likeness (QED) is 0.743. The van der Waals surface area contributed by atoms with Crippen molar-refractivity contribution in [2.24, 2.45) is 0 Å². The molecule has 0 amide bonds. The summed E-state index contributed by atoms with van der Waals surface area (Å²) in [5.41, 5.74) is 0.880. The normalized spacial score (nSPS) is 10.7. The van der Waals surface area contributed by atoms with E-state index in [9.17, 15) is 9.90 Å². The van der Waals surface area contributed by atoms with E-state index in [1.54, 1.807) is 24.5 Å². The van der Waals surface area contributed by atoms with Gasteiger partial charge in [-0.1, -0.05) is 18.2 Å². The molecule has 0 radical (unpaired) electrons. The molecule has 0 aliphatic rings. The van der Waals surface area contributed by atoms with Gasteiger partial charge in [-0.3, -0.25) is 0 Å². The van der Waals surface area contributed by atoms with Gasteiger partial charge in [0.2, 0.25) is 0 Å². The highest BCUT2D eigenvalue weighted by Gasteiger charge is 2.14. The summed E-state index contributed by atoms with van der Waals surface area (Å²) in [4.78, 5) is 15.6. The Bertz CT molecular complexity index is 720. The van der Waals surface area contributed by atoms with Gasteiger partial charge in [-0.2, -0.15) is 5.10 Å². The van der Waals surface area contributed by atoms with Crippen molar-refractivity contribution in [3.63, 3.8) is 0 Å². The van der Waals surface area contributed by atoms with Crippen LogP contribution in [0.25, 0.3) is 16.7 Å². The molecule has 0 saturated heterocycles. The number of nitrogens with zero attached hydrogens (tertiary/aromatic N) is 3. The number of rotatable bonds is 2. The first-order chi connectivity index (χ1) is 8.75. The summed E-state index contributed by atoms with van der Waals surface area (Å²) >= 11 is 0. The fourth-order valence-corrected chi connectivity index (χ4v) is 1.83. The van der Waals surface area contributed by atoms with Crippen molar-refractivity contribution >= 4 is 16.9 Å². The van der Waals surface area contributed by atoms with Crippen molar-refractivity contribution in [1.29, 1.82) is 0 Å². The Balaban J connectivity index is 2.34. The molecule has 0 spiro atoms. The maximum absolute atomic E-state index is 11.3. The van der Waals surface area contributed by atoms with E-state index < -0.39 is 5.97 Å². The van der Waals surface area contributed by atoms with E-state index in [1.165, 1.54) is 4.68 Å². The minimum Gasteiger partial charge on any atom is -0.478 e. The van der Waals surface area contributed by atoms with Crippen LogP contribution in [0.5, 0.6) is 0 Å². The molecule has 5 nitrogen and oxygen atoms in total. The number of hydrogen-bond donors (Lipinski definition) is 1. The van der Waals surface area contributed by atoms with Crippen molar-refractivity contribution in [3.8, 4) is 5.82 Å². The molecule has 3 aromatic rings. The summed E-state index contributed by atoms with van der Waals surface area (Å²) in [6.07, 6.45) is 3.26. The van der Waals surface area contributed by atoms with Crippen molar-refractivity contribution in [1.82, 2.24) is 14.8 Å². The van der Waals surface area contributed by atoms with Gasteiger partial charge in [0.05, 0.1) is 5.52 Å². The lowest BCUT2D eigenvalue weighted by Gasteiger charge is -2.07. The standard InChI is InChI=1S/C13H9N3O2/c17-13(18)10-8-9-4-1-2-5-11(9)15-12(10)16-7-3-6-14-16/h1-8H,(H,17,18). The van der Waals surface area contributed by atoms with Gasteiger partial charge < -0.3 is 5.11 Å². The first-order valence-corrected chi connectivity index (χ1v) is 5.39. The Kier molecular flexibility index (Phi) is 2.30. The van der Waals surface area contributed by atoms with Crippen molar-refractivity contribution in [3.05, 3.63) is 54.4 Å². The van der Waals surface area contributed by atoms with E-state index in [1.807, 2.05) is 24.3 Å². The Morgan fingerprint density at radius 1 is 1.22 bits per heavy atom. The third-order valence-corrected chi connectivity index (χ3v) is 2.66. The SMILES string of the molecule is O=C(O)c1cc2ccccc2nc1-n1cccn1. The summed E-state index contributed by atoms with van der Waals surface area (Å²) in [5.74, 6) is -0.690. The minimum atomic E-state index is -1.02. The molecular formula is C13H9N3O2. The van der Waals surface area contributed by atoms with Crippen LogP contribution in [0.3, 0.4) is 0 Å². The van der Waals surface area contributed by atoms with Crippen LogP contribution in [-0.4, -0.2) is 25.8 Å². The molecule has 3 rings (SSSR count). The molecule has 0 atom stereocenters. The molecule has 18 heavy (non-hydrogen) atoms. The zero-order valence-corrected chi connectivity index (χ0v) is 9.32. The molecule has 88 valence electrons. The minimum absolute atomic E-state index is 0.136. The molecule has 0 fully saturated rings. The molecule has 0 aliphatic heterocycles. The van der Waals surface area contributed by atoms with E-state index in [0.717, 1.165) is 10.9 Å². The van der Waals surface area contributed by atoms with E-state index in [4.69, 9.17) is 0 Å². The summed E-state index contributed by atoms with van der Waals surface area (Å²) < 4.78 is 1.45. The van der Waals surface area contributed by atoms with Crippen LogP contribution in [0.2, 0.25) is 0 Å². The Morgan fingerprint density at radius 3 is 2.78 bits per heavy atom. The maximum Gasteiger partial charge on any atom is 0.339 e. The van der Waals surface area contributed by atoms with Crippen LogP contribution < -0.4 is 0 Å². The van der Waals surface area contributed by atoms with Crippen LogP contribution in [-0.2, 0) is 0 Å². The average Bonchev–Trinajstić information content (AvgIpc) is 2.91. The Labute approximate surface area is 102 Å². The van der Waals surface area contributed by atoms with Gasteiger partial charge in [0.15, 0.2) is 5.82 Å². The van der Waals surface area contributed by atoms with E-state index in [-0.39, 0.29) is 5.56 Å². The third kappa shape index (κ3) is 1.62. The zero-order valence-electron chi connectivity index (χ0n) is 9.32. The van der Waals surface area contributed by atoms with E-state index in [2.05, 4.69) is 10.1 Å². The lowest BCUT2D eigenvalue weighted by molar-refractivity contribution is 0.0696. The lowest BCUT2D eigenvalue weighted by Crippen LogP contribution is -2.08. The van der Waals surface area contributed by atoms with Gasteiger partial charge in [-0.15, -0.1) is 0 Å². The summed E-state index contributed by atoms with van der Waals surface area (Å²) in [5, 5.41) is 14.1. The van der Waals surface area contributed by atoms with Crippen molar-refractivity contribution in [2.75, 3.05) is 0 Å². The van der Waals surface area contributed by atoms with Crippen LogP contribution in [0, 0.1) is 0 Å². The number of para-hydroxylation sites is 1. The van der Waals surface area contributed by atoms with Gasteiger partial charge in [0.1, 0.15) is 5.56 Å². The first kappa shape index (κ1) is 10.5. The smallest absolute Gasteiger partial charge is 0.339 e. The van der Waals surface area contributed by atoms with Gasteiger partial charge in [-0.25, -0.2) is 14.5 Å². The lowest BCUT2D eigenvalue weighted by atomic mass is 10.1. The summed E-state index contributed by atoms with van der Waals surface area (Å²) in [6, 6.07) is 10.7. The highest BCUT2D eigenvalue weighted by Crippen LogP contribution is 2.19. The molecule has 2 heterocycles. The summed E-state index contributed by atoms with van der Waals surface area (Å²) in [6.45, 7) is 0. The average molecular weight is 239 g/mol. The fraction of sp³-hybridized carbons (Fsp3) is 0.